The molecule has 26 heavy (non-hydrogen) atoms. The standard InChI is InChI=1S/C20H26N4O2/c1-5-6-9-12-24-17(21)15(19(25)26-20(2,3)4)16-18(24)23-14-11-8-7-10-13(14)22-16/h7-8,10-11H,5-6,9,12,21H2,1-4H3. The Labute approximate surface area is 153 Å². The number of carbonyl (C=O) groups excluding carboxylic acids is 1. The van der Waals surface area contributed by atoms with Crippen LogP contribution in [0.1, 0.15) is 57.3 Å². The molecule has 6 heteroatoms. The van der Waals surface area contributed by atoms with Crippen LogP contribution in [0.3, 0.4) is 0 Å². The summed E-state index contributed by atoms with van der Waals surface area (Å²) in [5, 5.41) is 0. The van der Waals surface area contributed by atoms with E-state index in [4.69, 9.17) is 15.5 Å². The third-order valence-electron chi connectivity index (χ3n) is 4.18. The van der Waals surface area contributed by atoms with Gasteiger partial charge in [-0.3, -0.25) is 0 Å². The van der Waals surface area contributed by atoms with Gasteiger partial charge in [-0.25, -0.2) is 14.8 Å². The second kappa shape index (κ2) is 6.94. The smallest absolute Gasteiger partial charge is 0.344 e. The number of hydrogen-bond donors (Lipinski definition) is 1. The number of nitrogens with zero attached hydrogens (tertiary/aromatic N) is 3. The Hall–Kier alpha value is -2.63. The molecule has 0 saturated carbocycles. The molecule has 0 radical (unpaired) electrons. The number of fused-ring (bicyclic) bond motifs is 2. The van der Waals surface area contributed by atoms with Gasteiger partial charge in [0.25, 0.3) is 0 Å². The predicted octanol–water partition coefficient (Wildman–Crippen LogP) is 4.31. The summed E-state index contributed by atoms with van der Waals surface area (Å²) in [6.45, 7) is 8.36. The summed E-state index contributed by atoms with van der Waals surface area (Å²) in [6, 6.07) is 7.61. The largest absolute Gasteiger partial charge is 0.456 e. The Morgan fingerprint density at radius 1 is 1.15 bits per heavy atom. The number of para-hydroxylation sites is 2. The van der Waals surface area contributed by atoms with Gasteiger partial charge in [0.2, 0.25) is 0 Å². The second-order valence-electron chi connectivity index (χ2n) is 7.51. The van der Waals surface area contributed by atoms with Crippen LogP contribution >= 0.6 is 0 Å². The molecule has 0 atom stereocenters. The monoisotopic (exact) mass is 354 g/mol. The molecule has 0 spiro atoms. The molecule has 0 saturated heterocycles. The summed E-state index contributed by atoms with van der Waals surface area (Å²) >= 11 is 0. The Balaban J connectivity index is 2.20. The number of carbonyl (C=O) groups is 1. The van der Waals surface area contributed by atoms with Crippen LogP contribution in [0.25, 0.3) is 22.2 Å². The number of hydrogen-bond acceptors (Lipinski definition) is 5. The SMILES string of the molecule is CCCCCn1c(N)c(C(=O)OC(C)(C)C)c2nc3ccccc3nc21. The second-order valence-corrected chi connectivity index (χ2v) is 7.51. The maximum Gasteiger partial charge on any atom is 0.344 e. The zero-order valence-corrected chi connectivity index (χ0v) is 15.9. The quantitative estimate of drug-likeness (QED) is 0.545. The molecule has 0 fully saturated rings. The van der Waals surface area contributed by atoms with Crippen LogP contribution in [-0.4, -0.2) is 26.1 Å². The highest BCUT2D eigenvalue weighted by Gasteiger charge is 2.27. The van der Waals surface area contributed by atoms with Gasteiger partial charge in [-0.05, 0) is 39.3 Å². The molecule has 0 bridgehead atoms. The first-order chi connectivity index (χ1) is 12.3. The number of nitrogens with two attached hydrogens (primary N) is 1. The normalized spacial score (nSPS) is 12.0. The van der Waals surface area contributed by atoms with Crippen LogP contribution in [-0.2, 0) is 11.3 Å². The van der Waals surface area contributed by atoms with Crippen molar-refractivity contribution >= 4 is 34.0 Å². The average molecular weight is 354 g/mol. The molecule has 2 heterocycles. The van der Waals surface area contributed by atoms with Gasteiger partial charge in [-0.2, -0.15) is 0 Å². The Morgan fingerprint density at radius 2 is 1.81 bits per heavy atom. The van der Waals surface area contributed by atoms with Crippen molar-refractivity contribution in [1.82, 2.24) is 14.5 Å². The van der Waals surface area contributed by atoms with Gasteiger partial charge in [0.15, 0.2) is 5.65 Å². The van der Waals surface area contributed by atoms with Gasteiger partial charge in [0, 0.05) is 6.54 Å². The van der Waals surface area contributed by atoms with Gasteiger partial charge in [0.05, 0.1) is 11.0 Å². The maximum atomic E-state index is 12.8. The number of ether oxygens (including phenoxy) is 1. The molecule has 0 aliphatic heterocycles. The number of aromatic nitrogens is 3. The summed E-state index contributed by atoms with van der Waals surface area (Å²) in [7, 11) is 0. The molecule has 3 aromatic rings. The molecule has 138 valence electrons. The molecule has 2 N–H and O–H groups in total. The number of nitrogen functional groups attached to an aromatic ring is 1. The molecular weight excluding hydrogens is 328 g/mol. The first-order valence-electron chi connectivity index (χ1n) is 9.09. The number of esters is 1. The summed E-state index contributed by atoms with van der Waals surface area (Å²) in [5.74, 6) is -0.0838. The molecule has 0 amide bonds. The van der Waals surface area contributed by atoms with E-state index in [1.165, 1.54) is 0 Å². The fourth-order valence-corrected chi connectivity index (χ4v) is 2.99. The lowest BCUT2D eigenvalue weighted by atomic mass is 10.2. The van der Waals surface area contributed by atoms with E-state index in [9.17, 15) is 4.79 Å². The zero-order chi connectivity index (χ0) is 18.9. The molecule has 2 aromatic heterocycles. The molecule has 6 nitrogen and oxygen atoms in total. The fraction of sp³-hybridized carbons (Fsp3) is 0.450. The molecule has 1 aromatic carbocycles. The van der Waals surface area contributed by atoms with Crippen molar-refractivity contribution in [1.29, 1.82) is 0 Å². The van der Waals surface area contributed by atoms with E-state index in [1.807, 2.05) is 49.6 Å². The van der Waals surface area contributed by atoms with Crippen molar-refractivity contribution in [2.24, 2.45) is 0 Å². The topological polar surface area (TPSA) is 83.0 Å². The van der Waals surface area contributed by atoms with Crippen LogP contribution in [0.15, 0.2) is 24.3 Å². The van der Waals surface area contributed by atoms with Gasteiger partial charge >= 0.3 is 5.97 Å². The maximum absolute atomic E-state index is 12.8. The van der Waals surface area contributed by atoms with Crippen molar-refractivity contribution in [3.8, 4) is 0 Å². The van der Waals surface area contributed by atoms with E-state index in [0.717, 1.165) is 30.3 Å². The van der Waals surface area contributed by atoms with Crippen LogP contribution in [0.4, 0.5) is 5.82 Å². The van der Waals surface area contributed by atoms with E-state index in [-0.39, 0.29) is 0 Å². The lowest BCUT2D eigenvalue weighted by molar-refractivity contribution is 0.00727. The van der Waals surface area contributed by atoms with E-state index < -0.39 is 11.6 Å². The first kappa shape index (κ1) is 18.2. The van der Waals surface area contributed by atoms with E-state index >= 15 is 0 Å². The fourth-order valence-electron chi connectivity index (χ4n) is 2.99. The van der Waals surface area contributed by atoms with Crippen molar-refractivity contribution in [3.05, 3.63) is 29.8 Å². The highest BCUT2D eigenvalue weighted by atomic mass is 16.6. The van der Waals surface area contributed by atoms with Crippen molar-refractivity contribution in [2.45, 2.75) is 59.1 Å². The number of anilines is 1. The van der Waals surface area contributed by atoms with Gasteiger partial charge in [-0.15, -0.1) is 0 Å². The third-order valence-corrected chi connectivity index (χ3v) is 4.18. The van der Waals surface area contributed by atoms with E-state index in [1.54, 1.807) is 0 Å². The van der Waals surface area contributed by atoms with Gasteiger partial charge in [0.1, 0.15) is 22.5 Å². The van der Waals surface area contributed by atoms with Gasteiger partial charge < -0.3 is 15.0 Å². The lowest BCUT2D eigenvalue weighted by Crippen LogP contribution is -2.24. The Morgan fingerprint density at radius 3 is 2.42 bits per heavy atom. The van der Waals surface area contributed by atoms with Gasteiger partial charge in [-0.1, -0.05) is 31.9 Å². The highest BCUT2D eigenvalue weighted by Crippen LogP contribution is 2.30. The minimum absolute atomic E-state index is 0.310. The summed E-state index contributed by atoms with van der Waals surface area (Å²) in [5.41, 5.74) is 8.72. The number of benzene rings is 1. The molecule has 3 rings (SSSR count). The molecule has 0 aliphatic carbocycles. The van der Waals surface area contributed by atoms with Crippen molar-refractivity contribution < 1.29 is 9.53 Å². The highest BCUT2D eigenvalue weighted by molar-refractivity contribution is 6.08. The van der Waals surface area contributed by atoms with Crippen molar-refractivity contribution in [3.63, 3.8) is 0 Å². The lowest BCUT2D eigenvalue weighted by Gasteiger charge is -2.19. The van der Waals surface area contributed by atoms with E-state index in [0.29, 0.717) is 29.1 Å². The van der Waals surface area contributed by atoms with Crippen LogP contribution in [0.5, 0.6) is 0 Å². The number of unbranched alkanes of at least 4 members (excludes halogenated alkanes) is 2. The number of aryl methyl sites for hydroxylation is 1. The third kappa shape index (κ3) is 3.49. The number of rotatable bonds is 5. The van der Waals surface area contributed by atoms with E-state index in [2.05, 4.69) is 11.9 Å². The minimum Gasteiger partial charge on any atom is -0.456 e. The summed E-state index contributed by atoms with van der Waals surface area (Å²) in [6.07, 6.45) is 3.15. The molecule has 0 unspecified atom stereocenters. The van der Waals surface area contributed by atoms with Crippen LogP contribution in [0, 0.1) is 0 Å². The van der Waals surface area contributed by atoms with Crippen molar-refractivity contribution in [2.75, 3.05) is 5.73 Å². The Kier molecular flexibility index (Phi) is 4.85. The molecular formula is C20H26N4O2. The summed E-state index contributed by atoms with van der Waals surface area (Å²) < 4.78 is 7.46. The summed E-state index contributed by atoms with van der Waals surface area (Å²) in [4.78, 5) is 22.2. The zero-order valence-electron chi connectivity index (χ0n) is 15.9. The predicted molar refractivity (Wildman–Crippen MR) is 104 cm³/mol. The molecule has 0 aliphatic rings. The van der Waals surface area contributed by atoms with Crippen LogP contribution in [0.2, 0.25) is 0 Å². The Bertz CT molecular complexity index is 954. The minimum atomic E-state index is -0.607. The average Bonchev–Trinajstić information content (AvgIpc) is 2.83. The first-order valence-corrected chi connectivity index (χ1v) is 9.09. The van der Waals surface area contributed by atoms with Crippen LogP contribution < -0.4 is 5.73 Å².